The van der Waals surface area contributed by atoms with Crippen LogP contribution in [-0.4, -0.2) is 34.7 Å². The van der Waals surface area contributed by atoms with Crippen LogP contribution in [0.3, 0.4) is 0 Å². The summed E-state index contributed by atoms with van der Waals surface area (Å²) in [6.45, 7) is 0.363. The maximum Gasteiger partial charge on any atom is 0.276 e. The predicted molar refractivity (Wildman–Crippen MR) is 67.7 cm³/mol. The second kappa shape index (κ2) is 5.18. The SMILES string of the molecule is CNc1cc([N+](=O)[O-])cc(NCC(O)C2CC2)n1. The fourth-order valence-corrected chi connectivity index (χ4v) is 1.70. The first kappa shape index (κ1) is 12.6. The number of aromatic nitrogens is 1. The number of anilines is 2. The Morgan fingerprint density at radius 3 is 2.78 bits per heavy atom. The minimum Gasteiger partial charge on any atom is -0.391 e. The molecule has 7 nitrogen and oxygen atoms in total. The molecule has 0 aliphatic heterocycles. The van der Waals surface area contributed by atoms with Crippen molar-refractivity contribution < 1.29 is 10.0 Å². The Morgan fingerprint density at radius 1 is 1.56 bits per heavy atom. The minimum atomic E-state index is -0.467. The Bertz CT molecular complexity index is 448. The third-order valence-corrected chi connectivity index (χ3v) is 2.94. The van der Waals surface area contributed by atoms with E-state index in [1.807, 2.05) is 0 Å². The molecule has 3 N–H and O–H groups in total. The van der Waals surface area contributed by atoms with Crippen molar-refractivity contribution in [2.24, 2.45) is 5.92 Å². The molecule has 1 aromatic rings. The van der Waals surface area contributed by atoms with Crippen molar-refractivity contribution in [2.75, 3.05) is 24.2 Å². The number of nitro groups is 1. The van der Waals surface area contributed by atoms with E-state index in [1.165, 1.54) is 12.1 Å². The largest absolute Gasteiger partial charge is 0.391 e. The van der Waals surface area contributed by atoms with Gasteiger partial charge in [-0.15, -0.1) is 0 Å². The van der Waals surface area contributed by atoms with Crippen LogP contribution in [-0.2, 0) is 0 Å². The van der Waals surface area contributed by atoms with Crippen molar-refractivity contribution in [1.29, 1.82) is 0 Å². The molecule has 0 saturated heterocycles. The van der Waals surface area contributed by atoms with Crippen LogP contribution < -0.4 is 10.6 Å². The van der Waals surface area contributed by atoms with Gasteiger partial charge in [0.15, 0.2) is 0 Å². The van der Waals surface area contributed by atoms with Crippen LogP contribution in [0, 0.1) is 16.0 Å². The highest BCUT2D eigenvalue weighted by atomic mass is 16.6. The highest BCUT2D eigenvalue weighted by Crippen LogP contribution is 2.32. The number of hydrogen-bond donors (Lipinski definition) is 3. The maximum absolute atomic E-state index is 10.8. The van der Waals surface area contributed by atoms with E-state index < -0.39 is 11.0 Å². The standard InChI is InChI=1S/C11H16N4O3/c1-12-10-4-8(15(17)18)5-11(14-10)13-6-9(16)7-2-3-7/h4-5,7,9,16H,2-3,6H2,1H3,(H2,12,13,14). The zero-order valence-corrected chi connectivity index (χ0v) is 10.1. The van der Waals surface area contributed by atoms with Gasteiger partial charge in [-0.05, 0) is 18.8 Å². The summed E-state index contributed by atoms with van der Waals surface area (Å²) in [6.07, 6.45) is 1.68. The molecule has 0 aromatic carbocycles. The Labute approximate surface area is 104 Å². The molecule has 1 saturated carbocycles. The van der Waals surface area contributed by atoms with Crippen molar-refractivity contribution >= 4 is 17.3 Å². The number of nitrogens with zero attached hydrogens (tertiary/aromatic N) is 2. The third-order valence-electron chi connectivity index (χ3n) is 2.94. The molecular weight excluding hydrogens is 236 g/mol. The van der Waals surface area contributed by atoms with E-state index in [1.54, 1.807) is 7.05 Å². The molecule has 0 spiro atoms. The van der Waals surface area contributed by atoms with Crippen molar-refractivity contribution in [3.63, 3.8) is 0 Å². The van der Waals surface area contributed by atoms with Gasteiger partial charge in [-0.25, -0.2) is 4.98 Å². The number of aliphatic hydroxyl groups is 1. The molecule has 98 valence electrons. The molecule has 1 atom stereocenters. The van der Waals surface area contributed by atoms with E-state index in [9.17, 15) is 15.2 Å². The summed E-state index contributed by atoms with van der Waals surface area (Å²) in [5.74, 6) is 1.18. The van der Waals surface area contributed by atoms with Crippen LogP contribution in [0.5, 0.6) is 0 Å². The Balaban J connectivity index is 2.05. The van der Waals surface area contributed by atoms with Crippen molar-refractivity contribution in [3.8, 4) is 0 Å². The third kappa shape index (κ3) is 3.07. The van der Waals surface area contributed by atoms with Crippen LogP contribution in [0.2, 0.25) is 0 Å². The average Bonchev–Trinajstić information content (AvgIpc) is 3.19. The Kier molecular flexibility index (Phi) is 3.61. The zero-order valence-electron chi connectivity index (χ0n) is 10.1. The first-order valence-electron chi connectivity index (χ1n) is 5.86. The van der Waals surface area contributed by atoms with Crippen LogP contribution in [0.15, 0.2) is 12.1 Å². The lowest BCUT2D eigenvalue weighted by molar-refractivity contribution is -0.384. The van der Waals surface area contributed by atoms with E-state index in [-0.39, 0.29) is 5.69 Å². The Morgan fingerprint density at radius 2 is 2.22 bits per heavy atom. The molecule has 18 heavy (non-hydrogen) atoms. The molecular formula is C11H16N4O3. The van der Waals surface area contributed by atoms with Gasteiger partial charge in [0.25, 0.3) is 5.69 Å². The topological polar surface area (TPSA) is 100 Å². The second-order valence-corrected chi connectivity index (χ2v) is 4.39. The summed E-state index contributed by atoms with van der Waals surface area (Å²) in [6, 6.07) is 2.73. The molecule has 1 heterocycles. The van der Waals surface area contributed by atoms with E-state index in [2.05, 4.69) is 15.6 Å². The van der Waals surface area contributed by atoms with Gasteiger partial charge in [-0.2, -0.15) is 0 Å². The van der Waals surface area contributed by atoms with Crippen molar-refractivity contribution in [1.82, 2.24) is 4.98 Å². The normalized spacial score (nSPS) is 16.1. The Hall–Kier alpha value is -1.89. The highest BCUT2D eigenvalue weighted by molar-refractivity contribution is 5.54. The van der Waals surface area contributed by atoms with Gasteiger partial charge in [0.2, 0.25) is 0 Å². The van der Waals surface area contributed by atoms with Crippen LogP contribution in [0.1, 0.15) is 12.8 Å². The zero-order chi connectivity index (χ0) is 13.1. The number of rotatable bonds is 6. The molecule has 1 aliphatic rings. The van der Waals surface area contributed by atoms with E-state index in [4.69, 9.17) is 0 Å². The lowest BCUT2D eigenvalue weighted by atomic mass is 10.2. The van der Waals surface area contributed by atoms with Gasteiger partial charge in [0, 0.05) is 13.6 Å². The van der Waals surface area contributed by atoms with Crippen LogP contribution in [0.4, 0.5) is 17.3 Å². The first-order chi connectivity index (χ1) is 8.60. The molecule has 1 unspecified atom stereocenters. The summed E-state index contributed by atoms with van der Waals surface area (Å²) in [5.41, 5.74) is -0.0299. The molecule has 0 radical (unpaired) electrons. The van der Waals surface area contributed by atoms with Gasteiger partial charge in [0.05, 0.1) is 23.2 Å². The van der Waals surface area contributed by atoms with Crippen LogP contribution in [0.25, 0.3) is 0 Å². The highest BCUT2D eigenvalue weighted by Gasteiger charge is 2.29. The average molecular weight is 252 g/mol. The van der Waals surface area contributed by atoms with Gasteiger partial charge in [0.1, 0.15) is 11.6 Å². The maximum atomic E-state index is 10.8. The fraction of sp³-hybridized carbons (Fsp3) is 0.545. The first-order valence-corrected chi connectivity index (χ1v) is 5.86. The fourth-order valence-electron chi connectivity index (χ4n) is 1.70. The second-order valence-electron chi connectivity index (χ2n) is 4.39. The lowest BCUT2D eigenvalue weighted by Gasteiger charge is -2.11. The van der Waals surface area contributed by atoms with Gasteiger partial charge >= 0.3 is 0 Å². The predicted octanol–water partition coefficient (Wildman–Crippen LogP) is 1.21. The summed E-state index contributed by atoms with van der Waals surface area (Å²) >= 11 is 0. The quantitative estimate of drug-likeness (QED) is 0.520. The van der Waals surface area contributed by atoms with Crippen LogP contribution >= 0.6 is 0 Å². The monoisotopic (exact) mass is 252 g/mol. The molecule has 7 heteroatoms. The van der Waals surface area contributed by atoms with E-state index in [0.29, 0.717) is 24.1 Å². The number of nitrogens with one attached hydrogen (secondary N) is 2. The smallest absolute Gasteiger partial charge is 0.276 e. The van der Waals surface area contributed by atoms with E-state index >= 15 is 0 Å². The molecule has 1 aliphatic carbocycles. The van der Waals surface area contributed by atoms with Crippen molar-refractivity contribution in [2.45, 2.75) is 18.9 Å². The van der Waals surface area contributed by atoms with Gasteiger partial charge in [-0.1, -0.05) is 0 Å². The molecule has 1 fully saturated rings. The minimum absolute atomic E-state index is 0.0299. The van der Waals surface area contributed by atoms with Gasteiger partial charge in [-0.3, -0.25) is 10.1 Å². The number of pyridine rings is 1. The summed E-state index contributed by atoms with van der Waals surface area (Å²) in [5, 5.41) is 26.2. The van der Waals surface area contributed by atoms with Gasteiger partial charge < -0.3 is 15.7 Å². The summed E-state index contributed by atoms with van der Waals surface area (Å²) in [4.78, 5) is 14.4. The van der Waals surface area contributed by atoms with Crippen molar-refractivity contribution in [3.05, 3.63) is 22.2 Å². The molecule has 0 bridgehead atoms. The molecule has 1 aromatic heterocycles. The lowest BCUT2D eigenvalue weighted by Crippen LogP contribution is -2.21. The molecule has 2 rings (SSSR count). The summed E-state index contributed by atoms with van der Waals surface area (Å²) in [7, 11) is 1.65. The number of aliphatic hydroxyl groups excluding tert-OH is 1. The number of hydrogen-bond acceptors (Lipinski definition) is 6. The molecule has 0 amide bonds. The van der Waals surface area contributed by atoms with E-state index in [0.717, 1.165) is 12.8 Å². The summed E-state index contributed by atoms with van der Waals surface area (Å²) < 4.78 is 0.